The molecule has 1 aliphatic heterocycles. The maximum Gasteiger partial charge on any atom is 0.417 e. The van der Waals surface area contributed by atoms with E-state index in [-0.39, 0.29) is 6.54 Å². The summed E-state index contributed by atoms with van der Waals surface area (Å²) in [7, 11) is 0. The molecule has 17 heavy (non-hydrogen) atoms. The Morgan fingerprint density at radius 1 is 1.53 bits per heavy atom. The number of halogens is 3. The van der Waals surface area contributed by atoms with Gasteiger partial charge in [0, 0.05) is 12.7 Å². The van der Waals surface area contributed by atoms with Crippen molar-refractivity contribution in [3.63, 3.8) is 0 Å². The van der Waals surface area contributed by atoms with Gasteiger partial charge in [0.2, 0.25) is 0 Å². The lowest BCUT2D eigenvalue weighted by atomic mass is 10.1. The maximum absolute atomic E-state index is 12.4. The van der Waals surface area contributed by atoms with Crippen LogP contribution in [-0.4, -0.2) is 29.1 Å². The van der Waals surface area contributed by atoms with Gasteiger partial charge in [0.15, 0.2) is 0 Å². The molecule has 0 fully saturated rings. The Kier molecular flexibility index (Phi) is 2.68. The number of carboxylic acids is 1. The predicted molar refractivity (Wildman–Crippen MR) is 52.8 cm³/mol. The molecule has 0 unspecified atom stereocenters. The van der Waals surface area contributed by atoms with Crippen LogP contribution >= 0.6 is 0 Å². The second kappa shape index (κ2) is 3.90. The zero-order valence-corrected chi connectivity index (χ0v) is 8.66. The van der Waals surface area contributed by atoms with Crippen LogP contribution in [0.3, 0.4) is 0 Å². The first-order valence-electron chi connectivity index (χ1n) is 4.91. The minimum atomic E-state index is -4.41. The van der Waals surface area contributed by atoms with Gasteiger partial charge in [0.1, 0.15) is 12.4 Å². The number of nitrogens with zero attached hydrogens (tertiary/aromatic N) is 2. The Hall–Kier alpha value is -1.79. The van der Waals surface area contributed by atoms with Gasteiger partial charge in [-0.3, -0.25) is 4.79 Å². The van der Waals surface area contributed by atoms with Gasteiger partial charge < -0.3 is 10.0 Å². The molecule has 1 aromatic rings. The van der Waals surface area contributed by atoms with Crippen LogP contribution in [0.2, 0.25) is 0 Å². The highest BCUT2D eigenvalue weighted by Gasteiger charge is 2.33. The summed E-state index contributed by atoms with van der Waals surface area (Å²) in [4.78, 5) is 15.7. The van der Waals surface area contributed by atoms with Crippen molar-refractivity contribution in [1.29, 1.82) is 0 Å². The quantitative estimate of drug-likeness (QED) is 0.860. The molecule has 7 heteroatoms. The smallest absolute Gasteiger partial charge is 0.417 e. The first-order valence-corrected chi connectivity index (χ1v) is 4.91. The van der Waals surface area contributed by atoms with Gasteiger partial charge in [-0.2, -0.15) is 13.2 Å². The number of aromatic nitrogens is 1. The number of pyridine rings is 1. The topological polar surface area (TPSA) is 53.4 Å². The number of carbonyl (C=O) groups is 1. The molecule has 0 atom stereocenters. The molecule has 0 radical (unpaired) electrons. The average Bonchev–Trinajstić information content (AvgIpc) is 2.59. The number of fused-ring (bicyclic) bond motifs is 1. The molecular formula is C10H9F3N2O2. The standard InChI is InChI=1S/C10H9F3N2O2/c11-10(12,13)7-3-6-1-2-15(5-8(16)17)9(6)14-4-7/h3-4H,1-2,5H2,(H,16,17). The summed E-state index contributed by atoms with van der Waals surface area (Å²) < 4.78 is 37.2. The van der Waals surface area contributed by atoms with Gasteiger partial charge in [-0.25, -0.2) is 4.98 Å². The Labute approximate surface area is 94.7 Å². The second-order valence-electron chi connectivity index (χ2n) is 3.77. The van der Waals surface area contributed by atoms with Crippen LogP contribution in [0.1, 0.15) is 11.1 Å². The largest absolute Gasteiger partial charge is 0.480 e. The fraction of sp³-hybridized carbons (Fsp3) is 0.400. The zero-order chi connectivity index (χ0) is 12.6. The molecule has 2 heterocycles. The van der Waals surface area contributed by atoms with Crippen molar-refractivity contribution in [1.82, 2.24) is 4.98 Å². The van der Waals surface area contributed by atoms with Crippen molar-refractivity contribution in [2.75, 3.05) is 18.0 Å². The summed E-state index contributed by atoms with van der Waals surface area (Å²) in [6.07, 6.45) is -3.29. The molecule has 1 aliphatic rings. The Balaban J connectivity index is 2.29. The molecule has 1 aromatic heterocycles. The third-order valence-electron chi connectivity index (χ3n) is 2.55. The molecule has 0 saturated heterocycles. The molecule has 92 valence electrons. The lowest BCUT2D eigenvalue weighted by Crippen LogP contribution is -2.28. The summed E-state index contributed by atoms with van der Waals surface area (Å²) in [6.45, 7) is 0.140. The highest BCUT2D eigenvalue weighted by molar-refractivity contribution is 5.74. The minimum Gasteiger partial charge on any atom is -0.480 e. The zero-order valence-electron chi connectivity index (χ0n) is 8.66. The van der Waals surface area contributed by atoms with Gasteiger partial charge in [-0.1, -0.05) is 0 Å². The maximum atomic E-state index is 12.4. The summed E-state index contributed by atoms with van der Waals surface area (Å²) in [5.41, 5.74) is -0.352. The Morgan fingerprint density at radius 3 is 2.82 bits per heavy atom. The van der Waals surface area contributed by atoms with Crippen molar-refractivity contribution in [3.05, 3.63) is 23.4 Å². The molecule has 0 aromatic carbocycles. The number of carboxylic acid groups (broad SMARTS) is 1. The van der Waals surface area contributed by atoms with Crippen LogP contribution in [-0.2, 0) is 17.4 Å². The first-order chi connectivity index (χ1) is 7.88. The molecule has 4 nitrogen and oxygen atoms in total. The van der Waals surface area contributed by atoms with E-state index < -0.39 is 17.7 Å². The van der Waals surface area contributed by atoms with Crippen molar-refractivity contribution >= 4 is 11.8 Å². The van der Waals surface area contributed by atoms with Crippen molar-refractivity contribution < 1.29 is 23.1 Å². The summed E-state index contributed by atoms with van der Waals surface area (Å²) >= 11 is 0. The van der Waals surface area contributed by atoms with Crippen LogP contribution in [0.5, 0.6) is 0 Å². The van der Waals surface area contributed by atoms with Crippen LogP contribution in [0.4, 0.5) is 19.0 Å². The van der Waals surface area contributed by atoms with E-state index in [9.17, 15) is 18.0 Å². The number of anilines is 1. The highest BCUT2D eigenvalue weighted by Crippen LogP contribution is 2.33. The van der Waals surface area contributed by atoms with E-state index in [2.05, 4.69) is 4.98 Å². The van der Waals surface area contributed by atoms with Crippen LogP contribution in [0.15, 0.2) is 12.3 Å². The third-order valence-corrected chi connectivity index (χ3v) is 2.55. The Bertz CT molecular complexity index is 459. The van der Waals surface area contributed by atoms with Crippen molar-refractivity contribution in [2.45, 2.75) is 12.6 Å². The van der Waals surface area contributed by atoms with Crippen LogP contribution < -0.4 is 4.90 Å². The number of rotatable bonds is 2. The van der Waals surface area contributed by atoms with Crippen LogP contribution in [0.25, 0.3) is 0 Å². The van der Waals surface area contributed by atoms with Crippen molar-refractivity contribution in [2.24, 2.45) is 0 Å². The van der Waals surface area contributed by atoms with E-state index >= 15 is 0 Å². The van der Waals surface area contributed by atoms with Gasteiger partial charge >= 0.3 is 12.1 Å². The van der Waals surface area contributed by atoms with Crippen LogP contribution in [0, 0.1) is 0 Å². The van der Waals surface area contributed by atoms with Crippen molar-refractivity contribution in [3.8, 4) is 0 Å². The Morgan fingerprint density at radius 2 is 2.24 bits per heavy atom. The summed E-state index contributed by atoms with van der Waals surface area (Å²) in [5, 5.41) is 8.63. The molecule has 0 amide bonds. The first kappa shape index (κ1) is 11.7. The molecule has 1 N–H and O–H groups in total. The SMILES string of the molecule is O=C(O)CN1CCc2cc(C(F)(F)F)cnc21. The molecule has 2 rings (SSSR count). The van der Waals surface area contributed by atoms with Gasteiger partial charge in [-0.15, -0.1) is 0 Å². The second-order valence-corrected chi connectivity index (χ2v) is 3.77. The molecule has 0 saturated carbocycles. The summed E-state index contributed by atoms with van der Waals surface area (Å²) in [6, 6.07) is 1.03. The fourth-order valence-corrected chi connectivity index (χ4v) is 1.81. The summed E-state index contributed by atoms with van der Waals surface area (Å²) in [5.74, 6) is -0.694. The third kappa shape index (κ3) is 2.32. The molecule has 0 spiro atoms. The van der Waals surface area contributed by atoms with Gasteiger partial charge in [0.05, 0.1) is 5.56 Å². The normalized spacial score (nSPS) is 14.9. The molecular weight excluding hydrogens is 237 g/mol. The number of alkyl halides is 3. The van der Waals surface area contributed by atoms with E-state index in [0.29, 0.717) is 24.3 Å². The van der Waals surface area contributed by atoms with E-state index in [0.717, 1.165) is 12.3 Å². The molecule has 0 aliphatic carbocycles. The van der Waals surface area contributed by atoms with Gasteiger partial charge in [-0.05, 0) is 18.1 Å². The monoisotopic (exact) mass is 246 g/mol. The lowest BCUT2D eigenvalue weighted by molar-refractivity contribution is -0.138. The van der Waals surface area contributed by atoms with E-state index in [1.807, 2.05) is 0 Å². The minimum absolute atomic E-state index is 0.245. The number of aliphatic carboxylic acids is 1. The number of hydrogen-bond acceptors (Lipinski definition) is 3. The molecule has 0 bridgehead atoms. The number of hydrogen-bond donors (Lipinski definition) is 1. The fourth-order valence-electron chi connectivity index (χ4n) is 1.81. The average molecular weight is 246 g/mol. The van der Waals surface area contributed by atoms with Gasteiger partial charge in [0.25, 0.3) is 0 Å². The highest BCUT2D eigenvalue weighted by atomic mass is 19.4. The van der Waals surface area contributed by atoms with E-state index in [4.69, 9.17) is 5.11 Å². The predicted octanol–water partition coefficient (Wildman–Crippen LogP) is 1.55. The van der Waals surface area contributed by atoms with E-state index in [1.165, 1.54) is 4.90 Å². The lowest BCUT2D eigenvalue weighted by Gasteiger charge is -2.15. The van der Waals surface area contributed by atoms with E-state index in [1.54, 1.807) is 0 Å².